The fourth-order valence-electron chi connectivity index (χ4n) is 3.50. The standard InChI is InChI=1S/C19H28N4O4/c1-19(2,3)27-18(25)23-12-5-8-15(23)16(24)22-11-4-7-14(13-22)26-17-20-9-6-10-21-17/h6,9-10,14-15H,4-5,7-8,11-13H2,1-3H3. The van der Waals surface area contributed by atoms with Crippen molar-refractivity contribution in [1.82, 2.24) is 19.8 Å². The van der Waals surface area contributed by atoms with Crippen molar-refractivity contribution in [1.29, 1.82) is 0 Å². The zero-order chi connectivity index (χ0) is 19.4. The molecule has 0 aliphatic carbocycles. The number of hydrogen-bond donors (Lipinski definition) is 0. The lowest BCUT2D eigenvalue weighted by molar-refractivity contribution is -0.138. The third-order valence-corrected chi connectivity index (χ3v) is 4.67. The van der Waals surface area contributed by atoms with E-state index in [0.29, 0.717) is 32.1 Å². The summed E-state index contributed by atoms with van der Waals surface area (Å²) >= 11 is 0. The van der Waals surface area contributed by atoms with Crippen molar-refractivity contribution in [2.75, 3.05) is 19.6 Å². The van der Waals surface area contributed by atoms with Crippen LogP contribution in [0.2, 0.25) is 0 Å². The number of piperidine rings is 1. The van der Waals surface area contributed by atoms with Crippen molar-refractivity contribution in [3.63, 3.8) is 0 Å². The van der Waals surface area contributed by atoms with E-state index in [4.69, 9.17) is 9.47 Å². The Hall–Kier alpha value is -2.38. The highest BCUT2D eigenvalue weighted by molar-refractivity contribution is 5.86. The molecule has 0 N–H and O–H groups in total. The van der Waals surface area contributed by atoms with Crippen LogP contribution in [0.3, 0.4) is 0 Å². The van der Waals surface area contributed by atoms with E-state index in [1.807, 2.05) is 20.8 Å². The topological polar surface area (TPSA) is 84.9 Å². The number of amides is 2. The molecule has 2 aliphatic rings. The molecule has 2 atom stereocenters. The second kappa shape index (κ2) is 8.10. The summed E-state index contributed by atoms with van der Waals surface area (Å²) in [7, 11) is 0. The monoisotopic (exact) mass is 376 g/mol. The first kappa shape index (κ1) is 19.4. The highest BCUT2D eigenvalue weighted by Gasteiger charge is 2.39. The fraction of sp³-hybridized carbons (Fsp3) is 0.684. The normalized spacial score (nSPS) is 23.2. The summed E-state index contributed by atoms with van der Waals surface area (Å²) in [4.78, 5) is 37.1. The van der Waals surface area contributed by atoms with Gasteiger partial charge in [0, 0.05) is 25.5 Å². The van der Waals surface area contributed by atoms with Crippen LogP contribution in [0.5, 0.6) is 6.01 Å². The van der Waals surface area contributed by atoms with Crippen LogP contribution in [0.1, 0.15) is 46.5 Å². The van der Waals surface area contributed by atoms with Crippen molar-refractivity contribution < 1.29 is 19.1 Å². The smallest absolute Gasteiger partial charge is 0.410 e. The Kier molecular flexibility index (Phi) is 5.82. The Morgan fingerprint density at radius 3 is 2.52 bits per heavy atom. The average molecular weight is 376 g/mol. The number of carbonyl (C=O) groups excluding carboxylic acids is 2. The van der Waals surface area contributed by atoms with Gasteiger partial charge in [0.05, 0.1) is 6.54 Å². The Balaban J connectivity index is 1.61. The molecule has 2 amide bonds. The van der Waals surface area contributed by atoms with E-state index < -0.39 is 17.7 Å². The van der Waals surface area contributed by atoms with Gasteiger partial charge in [-0.1, -0.05) is 0 Å². The lowest BCUT2D eigenvalue weighted by Gasteiger charge is -2.36. The molecule has 3 heterocycles. The summed E-state index contributed by atoms with van der Waals surface area (Å²) in [5, 5.41) is 0. The van der Waals surface area contributed by atoms with Gasteiger partial charge in [0.2, 0.25) is 5.91 Å². The lowest BCUT2D eigenvalue weighted by atomic mass is 10.1. The molecule has 2 unspecified atom stereocenters. The van der Waals surface area contributed by atoms with Crippen LogP contribution < -0.4 is 4.74 Å². The minimum atomic E-state index is -0.576. The largest absolute Gasteiger partial charge is 0.458 e. The van der Waals surface area contributed by atoms with E-state index in [-0.39, 0.29) is 12.0 Å². The molecule has 1 aromatic rings. The molecule has 0 aromatic carbocycles. The van der Waals surface area contributed by atoms with Crippen LogP contribution in [-0.4, -0.2) is 69.1 Å². The second-order valence-electron chi connectivity index (χ2n) is 8.03. The molecule has 1 aromatic heterocycles. The molecule has 2 fully saturated rings. The molecule has 0 saturated carbocycles. The van der Waals surface area contributed by atoms with Gasteiger partial charge in [0.1, 0.15) is 17.7 Å². The van der Waals surface area contributed by atoms with Gasteiger partial charge >= 0.3 is 12.1 Å². The first-order valence-electron chi connectivity index (χ1n) is 9.55. The third kappa shape index (κ3) is 5.08. The van der Waals surface area contributed by atoms with Crippen LogP contribution in [-0.2, 0) is 9.53 Å². The fourth-order valence-corrected chi connectivity index (χ4v) is 3.50. The molecular weight excluding hydrogens is 348 g/mol. The van der Waals surface area contributed by atoms with Crippen molar-refractivity contribution in [2.45, 2.75) is 64.2 Å². The number of likely N-dealkylation sites (tertiary alicyclic amines) is 2. The highest BCUT2D eigenvalue weighted by Crippen LogP contribution is 2.24. The summed E-state index contributed by atoms with van der Waals surface area (Å²) < 4.78 is 11.3. The minimum Gasteiger partial charge on any atom is -0.458 e. The molecule has 0 bridgehead atoms. The predicted molar refractivity (Wildman–Crippen MR) is 98.2 cm³/mol. The Labute approximate surface area is 159 Å². The van der Waals surface area contributed by atoms with E-state index in [9.17, 15) is 9.59 Å². The second-order valence-corrected chi connectivity index (χ2v) is 8.03. The zero-order valence-electron chi connectivity index (χ0n) is 16.3. The molecule has 0 radical (unpaired) electrons. The molecule has 2 aliphatic heterocycles. The molecule has 3 rings (SSSR count). The summed E-state index contributed by atoms with van der Waals surface area (Å²) in [6.45, 7) is 7.20. The Bertz CT molecular complexity index is 661. The van der Waals surface area contributed by atoms with Crippen molar-refractivity contribution >= 4 is 12.0 Å². The van der Waals surface area contributed by atoms with Gasteiger partial charge in [0.15, 0.2) is 0 Å². The molecule has 27 heavy (non-hydrogen) atoms. The first-order valence-corrected chi connectivity index (χ1v) is 9.55. The van der Waals surface area contributed by atoms with Crippen LogP contribution >= 0.6 is 0 Å². The maximum atomic E-state index is 13.1. The predicted octanol–water partition coefficient (Wildman–Crippen LogP) is 2.25. The molecule has 2 saturated heterocycles. The Morgan fingerprint density at radius 2 is 1.81 bits per heavy atom. The molecular formula is C19H28N4O4. The number of carbonyl (C=O) groups is 2. The van der Waals surface area contributed by atoms with E-state index >= 15 is 0 Å². The van der Waals surface area contributed by atoms with Gasteiger partial charge in [-0.05, 0) is 52.5 Å². The maximum Gasteiger partial charge on any atom is 0.410 e. The van der Waals surface area contributed by atoms with Gasteiger partial charge in [-0.2, -0.15) is 0 Å². The van der Waals surface area contributed by atoms with Crippen LogP contribution in [0, 0.1) is 0 Å². The summed E-state index contributed by atoms with van der Waals surface area (Å²) in [6.07, 6.45) is 5.88. The highest BCUT2D eigenvalue weighted by atomic mass is 16.6. The van der Waals surface area contributed by atoms with Gasteiger partial charge < -0.3 is 14.4 Å². The minimum absolute atomic E-state index is 0.0272. The average Bonchev–Trinajstić information content (AvgIpc) is 3.11. The number of nitrogens with zero attached hydrogens (tertiary/aromatic N) is 4. The quantitative estimate of drug-likeness (QED) is 0.804. The lowest BCUT2D eigenvalue weighted by Crippen LogP contribution is -2.53. The number of rotatable bonds is 3. The van der Waals surface area contributed by atoms with Crippen molar-refractivity contribution in [3.8, 4) is 6.01 Å². The van der Waals surface area contributed by atoms with Gasteiger partial charge in [0.25, 0.3) is 0 Å². The van der Waals surface area contributed by atoms with Crippen LogP contribution in [0.15, 0.2) is 18.5 Å². The van der Waals surface area contributed by atoms with E-state index in [0.717, 1.165) is 19.3 Å². The summed E-state index contributed by atoms with van der Waals surface area (Å²) in [5.41, 5.74) is -0.576. The van der Waals surface area contributed by atoms with Gasteiger partial charge in [-0.25, -0.2) is 14.8 Å². The summed E-state index contributed by atoms with van der Waals surface area (Å²) in [5.74, 6) is -0.0272. The van der Waals surface area contributed by atoms with E-state index in [1.165, 1.54) is 0 Å². The molecule has 148 valence electrons. The summed E-state index contributed by atoms with van der Waals surface area (Å²) in [6, 6.07) is 1.61. The van der Waals surface area contributed by atoms with E-state index in [1.54, 1.807) is 28.3 Å². The van der Waals surface area contributed by atoms with Gasteiger partial charge in [-0.15, -0.1) is 0 Å². The number of hydrogen-bond acceptors (Lipinski definition) is 6. The maximum absolute atomic E-state index is 13.1. The number of aromatic nitrogens is 2. The van der Waals surface area contributed by atoms with Crippen LogP contribution in [0.4, 0.5) is 4.79 Å². The zero-order valence-corrected chi connectivity index (χ0v) is 16.3. The van der Waals surface area contributed by atoms with Crippen LogP contribution in [0.25, 0.3) is 0 Å². The molecule has 8 heteroatoms. The molecule has 0 spiro atoms. The van der Waals surface area contributed by atoms with Crippen molar-refractivity contribution in [3.05, 3.63) is 18.5 Å². The number of ether oxygens (including phenoxy) is 2. The SMILES string of the molecule is CC(C)(C)OC(=O)N1CCCC1C(=O)N1CCCC(Oc2ncccn2)C1. The first-order chi connectivity index (χ1) is 12.8. The van der Waals surface area contributed by atoms with E-state index in [2.05, 4.69) is 9.97 Å². The molecule has 8 nitrogen and oxygen atoms in total. The van der Waals surface area contributed by atoms with Crippen molar-refractivity contribution in [2.24, 2.45) is 0 Å². The third-order valence-electron chi connectivity index (χ3n) is 4.67. The Morgan fingerprint density at radius 1 is 1.11 bits per heavy atom. The van der Waals surface area contributed by atoms with Gasteiger partial charge in [-0.3, -0.25) is 9.69 Å².